The van der Waals surface area contributed by atoms with Gasteiger partial charge in [-0.3, -0.25) is 4.79 Å². The minimum atomic E-state index is -0.0950. The van der Waals surface area contributed by atoms with Crippen LogP contribution in [-0.4, -0.2) is 12.1 Å². The third-order valence-electron chi connectivity index (χ3n) is 3.28. The van der Waals surface area contributed by atoms with Crippen LogP contribution in [0.25, 0.3) is 0 Å². The third kappa shape index (κ3) is 20.1. The topological polar surface area (TPSA) is 26.3 Å². The molecular formula is C23H36O2. The van der Waals surface area contributed by atoms with Gasteiger partial charge in [-0.1, -0.05) is 67.7 Å². The van der Waals surface area contributed by atoms with Crippen LogP contribution in [0.15, 0.2) is 60.8 Å². The molecule has 0 saturated heterocycles. The van der Waals surface area contributed by atoms with Gasteiger partial charge < -0.3 is 4.74 Å². The van der Waals surface area contributed by atoms with Crippen molar-refractivity contribution in [2.45, 2.75) is 78.2 Å². The summed E-state index contributed by atoms with van der Waals surface area (Å²) in [6.07, 6.45) is 29.3. The van der Waals surface area contributed by atoms with E-state index in [1.165, 1.54) is 0 Å². The van der Waals surface area contributed by atoms with Crippen molar-refractivity contribution in [3.05, 3.63) is 60.8 Å². The van der Waals surface area contributed by atoms with Crippen LogP contribution in [0.5, 0.6) is 0 Å². The Morgan fingerprint density at radius 1 is 0.760 bits per heavy atom. The molecule has 0 radical (unpaired) electrons. The molecule has 0 unspecified atom stereocenters. The molecule has 0 heterocycles. The van der Waals surface area contributed by atoms with Crippen molar-refractivity contribution in [1.82, 2.24) is 0 Å². The van der Waals surface area contributed by atoms with Crippen LogP contribution < -0.4 is 0 Å². The molecule has 0 spiro atoms. The average Bonchev–Trinajstić information content (AvgIpc) is 2.57. The Morgan fingerprint density at radius 3 is 1.64 bits per heavy atom. The Hall–Kier alpha value is -1.83. The molecule has 0 N–H and O–H groups in total. The van der Waals surface area contributed by atoms with Crippen molar-refractivity contribution < 1.29 is 9.53 Å². The number of rotatable bonds is 14. The molecule has 2 heteroatoms. The molecule has 2 nitrogen and oxygen atoms in total. The number of unbranched alkanes of at least 4 members (excludes halogenated alkanes) is 1. The Morgan fingerprint density at radius 2 is 1.20 bits per heavy atom. The normalized spacial score (nSPS) is 12.8. The highest BCUT2D eigenvalue weighted by molar-refractivity contribution is 5.69. The summed E-state index contributed by atoms with van der Waals surface area (Å²) in [7, 11) is 0. The summed E-state index contributed by atoms with van der Waals surface area (Å²) < 4.78 is 5.09. The molecule has 0 fully saturated rings. The van der Waals surface area contributed by atoms with E-state index >= 15 is 0 Å². The maximum absolute atomic E-state index is 11.3. The molecule has 0 amide bonds. The van der Waals surface area contributed by atoms with Gasteiger partial charge in [-0.2, -0.15) is 0 Å². The highest BCUT2D eigenvalue weighted by atomic mass is 16.5. The number of ether oxygens (including phenoxy) is 1. The summed E-state index contributed by atoms with van der Waals surface area (Å²) in [4.78, 5) is 11.3. The molecule has 0 aromatic carbocycles. The summed E-state index contributed by atoms with van der Waals surface area (Å²) in [6, 6.07) is 0. The van der Waals surface area contributed by atoms with E-state index in [0.29, 0.717) is 6.42 Å². The zero-order chi connectivity index (χ0) is 18.6. The predicted molar refractivity (Wildman–Crippen MR) is 110 cm³/mol. The Labute approximate surface area is 155 Å². The highest BCUT2D eigenvalue weighted by Crippen LogP contribution is 2.02. The number of carbonyl (C=O) groups excluding carboxylic acids is 1. The largest absolute Gasteiger partial charge is 0.463 e. The zero-order valence-corrected chi connectivity index (χ0v) is 16.3. The van der Waals surface area contributed by atoms with Crippen LogP contribution in [-0.2, 0) is 9.53 Å². The van der Waals surface area contributed by atoms with Crippen LogP contribution in [0.4, 0.5) is 0 Å². The number of carbonyl (C=O) groups is 1. The quantitative estimate of drug-likeness (QED) is 0.195. The second-order valence-electron chi connectivity index (χ2n) is 6.14. The first-order valence-electron chi connectivity index (χ1n) is 9.61. The maximum atomic E-state index is 11.3. The molecule has 0 aromatic rings. The van der Waals surface area contributed by atoms with Gasteiger partial charge in [0.25, 0.3) is 0 Å². The molecule has 0 rings (SSSR count). The van der Waals surface area contributed by atoms with E-state index in [2.05, 4.69) is 67.7 Å². The molecule has 0 aliphatic rings. The maximum Gasteiger partial charge on any atom is 0.306 e. The lowest BCUT2D eigenvalue weighted by molar-refractivity contribution is -0.147. The van der Waals surface area contributed by atoms with Crippen LogP contribution >= 0.6 is 0 Å². The van der Waals surface area contributed by atoms with E-state index in [0.717, 1.165) is 44.9 Å². The van der Waals surface area contributed by atoms with Gasteiger partial charge in [-0.05, 0) is 58.8 Å². The molecule has 0 aromatic heterocycles. The van der Waals surface area contributed by atoms with Crippen molar-refractivity contribution in [3.8, 4) is 0 Å². The standard InChI is InChI=1S/C23H36O2/c1-4-5-6-7-8-9-10-11-12-13-14-15-16-17-18-19-20-21-23(24)25-22(2)3/h5-6,8-9,11-12,14-15,17-18,22H,4,7,10,13,16,19-21H2,1-3H3/b6-5-,9-8-,12-11-,15-14-,18-17-. The first kappa shape index (κ1) is 23.2. The summed E-state index contributed by atoms with van der Waals surface area (Å²) in [5, 5.41) is 0. The average molecular weight is 345 g/mol. The number of hydrogen-bond donors (Lipinski definition) is 0. The predicted octanol–water partition coefficient (Wildman–Crippen LogP) is 6.86. The smallest absolute Gasteiger partial charge is 0.306 e. The van der Waals surface area contributed by atoms with Crippen molar-refractivity contribution in [3.63, 3.8) is 0 Å². The fraction of sp³-hybridized carbons (Fsp3) is 0.522. The van der Waals surface area contributed by atoms with Gasteiger partial charge >= 0.3 is 5.97 Å². The second kappa shape index (κ2) is 18.5. The minimum absolute atomic E-state index is 0.0128. The van der Waals surface area contributed by atoms with Gasteiger partial charge in [0.1, 0.15) is 0 Å². The van der Waals surface area contributed by atoms with Crippen LogP contribution in [0.2, 0.25) is 0 Å². The van der Waals surface area contributed by atoms with E-state index < -0.39 is 0 Å². The van der Waals surface area contributed by atoms with Crippen LogP contribution in [0.1, 0.15) is 72.1 Å². The minimum Gasteiger partial charge on any atom is -0.463 e. The number of hydrogen-bond acceptors (Lipinski definition) is 2. The van der Waals surface area contributed by atoms with Gasteiger partial charge in [0, 0.05) is 6.42 Å². The monoisotopic (exact) mass is 344 g/mol. The summed E-state index contributed by atoms with van der Waals surface area (Å²) in [5.74, 6) is -0.0950. The molecule has 140 valence electrons. The van der Waals surface area contributed by atoms with Gasteiger partial charge in [-0.25, -0.2) is 0 Å². The summed E-state index contributed by atoms with van der Waals surface area (Å²) in [6.45, 7) is 5.91. The Balaban J connectivity index is 3.52. The number of esters is 1. The molecule has 0 aliphatic heterocycles. The molecule has 0 bridgehead atoms. The number of allylic oxidation sites excluding steroid dienone is 10. The lowest BCUT2D eigenvalue weighted by Gasteiger charge is -2.06. The Bertz CT molecular complexity index is 451. The van der Waals surface area contributed by atoms with E-state index in [1.54, 1.807) is 0 Å². The van der Waals surface area contributed by atoms with Crippen molar-refractivity contribution >= 4 is 5.97 Å². The third-order valence-corrected chi connectivity index (χ3v) is 3.28. The van der Waals surface area contributed by atoms with Crippen molar-refractivity contribution in [1.29, 1.82) is 0 Å². The van der Waals surface area contributed by atoms with Crippen LogP contribution in [0.3, 0.4) is 0 Å². The summed E-state index contributed by atoms with van der Waals surface area (Å²) in [5.41, 5.74) is 0. The molecule has 0 atom stereocenters. The zero-order valence-electron chi connectivity index (χ0n) is 16.3. The second-order valence-corrected chi connectivity index (χ2v) is 6.14. The lowest BCUT2D eigenvalue weighted by Crippen LogP contribution is -2.10. The molecule has 0 aliphatic carbocycles. The van der Waals surface area contributed by atoms with E-state index in [9.17, 15) is 4.79 Å². The fourth-order valence-corrected chi connectivity index (χ4v) is 2.05. The summed E-state index contributed by atoms with van der Waals surface area (Å²) >= 11 is 0. The Kier molecular flexibility index (Phi) is 17.2. The highest BCUT2D eigenvalue weighted by Gasteiger charge is 2.03. The molecular weight excluding hydrogens is 308 g/mol. The van der Waals surface area contributed by atoms with E-state index in [1.807, 2.05) is 13.8 Å². The van der Waals surface area contributed by atoms with Crippen molar-refractivity contribution in [2.75, 3.05) is 0 Å². The first-order valence-corrected chi connectivity index (χ1v) is 9.61. The van der Waals surface area contributed by atoms with Gasteiger partial charge in [-0.15, -0.1) is 0 Å². The van der Waals surface area contributed by atoms with E-state index in [-0.39, 0.29) is 12.1 Å². The molecule has 25 heavy (non-hydrogen) atoms. The fourth-order valence-electron chi connectivity index (χ4n) is 2.05. The van der Waals surface area contributed by atoms with Crippen molar-refractivity contribution in [2.24, 2.45) is 0 Å². The van der Waals surface area contributed by atoms with Crippen LogP contribution in [0, 0.1) is 0 Å². The molecule has 0 saturated carbocycles. The van der Waals surface area contributed by atoms with Gasteiger partial charge in [0.2, 0.25) is 0 Å². The lowest BCUT2D eigenvalue weighted by atomic mass is 10.2. The van der Waals surface area contributed by atoms with Gasteiger partial charge in [0.05, 0.1) is 6.10 Å². The van der Waals surface area contributed by atoms with E-state index in [4.69, 9.17) is 4.74 Å². The SMILES string of the molecule is CC/C=C\C/C=C\C/C=C\C/C=C\C/C=C\CCCC(=O)OC(C)C. The first-order chi connectivity index (χ1) is 12.2. The van der Waals surface area contributed by atoms with Gasteiger partial charge in [0.15, 0.2) is 0 Å².